The van der Waals surface area contributed by atoms with Crippen LogP contribution in [0.25, 0.3) is 44.7 Å². The summed E-state index contributed by atoms with van der Waals surface area (Å²) < 4.78 is 118. The summed E-state index contributed by atoms with van der Waals surface area (Å²) in [6.07, 6.45) is -4.98. The smallest absolute Gasteiger partial charge is 0.427 e. The summed E-state index contributed by atoms with van der Waals surface area (Å²) >= 11 is 48.8. The first-order valence-corrected chi connectivity index (χ1v) is 43.3. The van der Waals surface area contributed by atoms with Gasteiger partial charge in [-0.25, -0.2) is 76.2 Å². The van der Waals surface area contributed by atoms with Crippen LogP contribution in [0.15, 0.2) is 25.3 Å². The zero-order valence-corrected chi connectivity index (χ0v) is 81.2. The van der Waals surface area contributed by atoms with Gasteiger partial charge in [0.25, 0.3) is 0 Å². The SMILES string of the molecule is CC(C)(C)OC(=O)N(C(=O)OC(C)(C)C)c1nc(Cl)c2[nH]cnc2n1.CC[C@H]1OC(O)[C@@](F)(Cl)C1C.CC[C@H]1OC(n2cnc3c(Cl)nc(N(C(=O)OC(C)(C)C)C(=O)OC(C)(C)C)nc32)[C@](F)(Cl)C1C.CC[C@H]1O[C@@H](n2cnc3c(Cl)nc(N(C(=O)OC(C)(C)C)C(=O)OC(C)(C)C)nc32)[C@@](F)(Cl)C1C.CC[C@H]1O[C@H](n2cnc3c(Cl)nc(C)nc32)[C@](F)(Cl)C1C. The van der Waals surface area contributed by atoms with Gasteiger partial charge in [0.05, 0.1) is 49.7 Å². The van der Waals surface area contributed by atoms with Gasteiger partial charge in [0, 0.05) is 23.7 Å². The van der Waals surface area contributed by atoms with E-state index in [0.29, 0.717) is 62.9 Å². The molecule has 2 N–H and O–H groups in total. The number of imidazole rings is 4. The number of carbonyl (C=O) groups is 6. The highest BCUT2D eigenvalue weighted by Gasteiger charge is 2.59. The molecule has 12 rings (SSSR count). The Bertz CT molecular complexity index is 5040. The second kappa shape index (κ2) is 39.4. The first-order valence-electron chi connectivity index (χ1n) is 40.3. The number of fused-ring (bicyclic) bond motifs is 4. The van der Waals surface area contributed by atoms with Crippen LogP contribution >= 0.6 is 92.8 Å². The first kappa shape index (κ1) is 105. The molecule has 6 amide bonds. The topological polar surface area (TPSA) is 410 Å². The zero-order chi connectivity index (χ0) is 96.0. The van der Waals surface area contributed by atoms with Crippen molar-refractivity contribution in [2.75, 3.05) is 14.7 Å². The number of aromatic nitrogens is 16. The molecule has 0 spiro atoms. The Morgan fingerprint density at radius 3 is 0.906 bits per heavy atom. The quantitative estimate of drug-likeness (QED) is 0.0556. The Morgan fingerprint density at radius 2 is 0.654 bits per heavy atom. The lowest BCUT2D eigenvalue weighted by Gasteiger charge is -2.27. The van der Waals surface area contributed by atoms with Crippen LogP contribution < -0.4 is 14.7 Å². The number of alkyl halides is 8. The van der Waals surface area contributed by atoms with E-state index in [0.717, 1.165) is 0 Å². The molecule has 48 heteroatoms. The minimum absolute atomic E-state index is 0.00810. The van der Waals surface area contributed by atoms with E-state index in [1.807, 2.05) is 27.7 Å². The number of halogens is 12. The number of aromatic amines is 1. The number of ether oxygens (including phenoxy) is 10. The lowest BCUT2D eigenvalue weighted by atomic mass is 9.99. The molecule has 8 aromatic heterocycles. The third-order valence-electron chi connectivity index (χ3n) is 19.1. The molecule has 16 atom stereocenters. The molecule has 0 aliphatic carbocycles. The number of aryl methyl sites for hydroxylation is 1. The monoisotopic (exact) mass is 1950 g/mol. The summed E-state index contributed by atoms with van der Waals surface area (Å²) in [5.74, 6) is -2.84. The van der Waals surface area contributed by atoms with Gasteiger partial charge in [0.1, 0.15) is 61.5 Å². The number of hydrogen-bond acceptors (Lipinski definition) is 29. The number of carbonyl (C=O) groups excluding carboxylic acids is 6. The zero-order valence-electron chi connectivity index (χ0n) is 75.1. The van der Waals surface area contributed by atoms with Gasteiger partial charge in [-0.05, 0) is 157 Å². The van der Waals surface area contributed by atoms with Crippen molar-refractivity contribution in [1.29, 1.82) is 0 Å². The van der Waals surface area contributed by atoms with Gasteiger partial charge in [-0.2, -0.15) is 29.9 Å². The third kappa shape index (κ3) is 24.5. The number of H-pyrrole nitrogens is 1. The fourth-order valence-corrected chi connectivity index (χ4v) is 14.8. The molecule has 6 unspecified atom stereocenters. The minimum atomic E-state index is -2.28. The van der Waals surface area contributed by atoms with Gasteiger partial charge >= 0.3 is 36.6 Å². The number of aliphatic hydroxyl groups is 1. The Hall–Kier alpha value is -7.74. The Balaban J connectivity index is 0.000000204. The standard InChI is InChI=1S/2C22H30Cl2FN5O5.C15H20ClN5O4.C13H15Cl2FN4O.C7H12ClFO2/c2*1-9-12-11(2)22(24,25)16(33-12)29-10-26-13-14(23)27-17(28-15(13)29)30(18(31)34-20(3,4)5)19(32)35-21(6,7)8;1-14(2,3)24-12(22)21(13(23)25-15(4,5)6)11-19-9(16)8-10(20-11)18-7-17-8;1-4-8-6(2)13(15,16)12(21-8)20-5-17-9-10(14)18-7(3)19-11(9)20;1-3-5-4(2)7(8,9)6(10)11-5/h2*10-12,16H,9H2,1-8H3;7H,1-6H3,(H,17,18,19,20);5-6,8,12H,4H2,1-3H3;4-6,10H,3H2,1-2H3/t11?,12-,16?,22+;11?,12-,16-,22-;;6?,8-,12+,13+;4?,5-,6?,7-/m11.11/s1. The number of rotatable bonds is 10. The van der Waals surface area contributed by atoms with Crippen LogP contribution in [0.5, 0.6) is 0 Å². The summed E-state index contributed by atoms with van der Waals surface area (Å²) in [6.45, 7) is 45.5. The van der Waals surface area contributed by atoms with E-state index in [-0.39, 0.29) is 66.7 Å². The van der Waals surface area contributed by atoms with Crippen LogP contribution in [0.3, 0.4) is 0 Å². The van der Waals surface area contributed by atoms with Gasteiger partial charge < -0.3 is 57.5 Å². The van der Waals surface area contributed by atoms with Crippen LogP contribution in [0.2, 0.25) is 20.6 Å². The summed E-state index contributed by atoms with van der Waals surface area (Å²) in [5, 5.41) is 0.183. The summed E-state index contributed by atoms with van der Waals surface area (Å²) in [5.41, 5.74) is -3.80. The molecule has 0 aromatic carbocycles. The number of anilines is 3. The van der Waals surface area contributed by atoms with Crippen LogP contribution in [-0.4, -0.2) is 205 Å². The fourth-order valence-electron chi connectivity index (χ4n) is 12.8. The molecule has 12 heterocycles. The molecule has 0 radical (unpaired) electrons. The normalized spacial score (nSPS) is 26.1. The molecular weight excluding hydrogens is 1850 g/mol. The van der Waals surface area contributed by atoms with Gasteiger partial charge in [0.2, 0.25) is 44.6 Å². The van der Waals surface area contributed by atoms with Crippen molar-refractivity contribution < 1.29 is 98.8 Å². The Morgan fingerprint density at radius 1 is 0.402 bits per heavy atom. The number of hydrogen-bond donors (Lipinski definition) is 2. The lowest BCUT2D eigenvalue weighted by Crippen LogP contribution is -2.44. The molecule has 0 bridgehead atoms. The van der Waals surface area contributed by atoms with Gasteiger partial charge in [0.15, 0.2) is 61.9 Å². The predicted octanol–water partition coefficient (Wildman–Crippen LogP) is 21.0. The van der Waals surface area contributed by atoms with E-state index in [2.05, 4.69) is 64.8 Å². The van der Waals surface area contributed by atoms with Crippen LogP contribution in [0.4, 0.5) is 64.2 Å². The number of nitrogens with zero attached hydrogens (tertiary/aromatic N) is 18. The average molecular weight is 1950 g/mol. The van der Waals surface area contributed by atoms with Crippen LogP contribution in [0, 0.1) is 30.6 Å². The molecule has 4 aliphatic rings. The second-order valence-electron chi connectivity index (χ2n) is 36.1. The van der Waals surface area contributed by atoms with Gasteiger partial charge in [-0.15, -0.1) is 14.7 Å². The van der Waals surface area contributed by atoms with E-state index in [4.69, 9.17) is 145 Å². The molecule has 4 saturated heterocycles. The maximum absolute atomic E-state index is 15.5. The fraction of sp³-hybridized carbons (Fsp3) is 0.671. The molecule has 4 aliphatic heterocycles. The van der Waals surface area contributed by atoms with E-state index < -0.39 is 163 Å². The van der Waals surface area contributed by atoms with Crippen molar-refractivity contribution >= 4 is 192 Å². The highest BCUT2D eigenvalue weighted by atomic mass is 35.5. The summed E-state index contributed by atoms with van der Waals surface area (Å²) in [7, 11) is 0. The maximum Gasteiger partial charge on any atom is 0.427 e. The average Bonchev–Trinajstić information content (AvgIpc) is 1.60. The van der Waals surface area contributed by atoms with Crippen LogP contribution in [0.1, 0.15) is 230 Å². The molecule has 4 fully saturated rings. The molecule has 8 aromatic rings. The molecular formula is C79H107Cl8F4N19O17. The van der Waals surface area contributed by atoms with Crippen molar-refractivity contribution in [3.63, 3.8) is 0 Å². The van der Waals surface area contributed by atoms with E-state index >= 15 is 8.78 Å². The van der Waals surface area contributed by atoms with Gasteiger partial charge in [-0.3, -0.25) is 13.7 Å². The van der Waals surface area contributed by atoms with E-state index in [1.54, 1.807) is 159 Å². The molecule has 127 heavy (non-hydrogen) atoms. The third-order valence-corrected chi connectivity index (χ3v) is 22.3. The van der Waals surface area contributed by atoms with Crippen molar-refractivity contribution in [2.24, 2.45) is 23.7 Å². The summed E-state index contributed by atoms with van der Waals surface area (Å²) in [4.78, 5) is 131. The number of amides is 6. The van der Waals surface area contributed by atoms with Gasteiger partial charge in [-0.1, -0.05) is 148 Å². The van der Waals surface area contributed by atoms with Crippen molar-refractivity contribution in [3.05, 3.63) is 51.7 Å². The van der Waals surface area contributed by atoms with Crippen molar-refractivity contribution in [1.82, 2.24) is 78.5 Å². The number of aliphatic hydroxyl groups excluding tert-OH is 1. The van der Waals surface area contributed by atoms with E-state index in [9.17, 15) is 37.5 Å². The summed E-state index contributed by atoms with van der Waals surface area (Å²) in [6, 6.07) is 0. The Kier molecular flexibility index (Phi) is 32.4. The largest absolute Gasteiger partial charge is 0.443 e. The minimum Gasteiger partial charge on any atom is -0.443 e. The van der Waals surface area contributed by atoms with E-state index in [1.165, 1.54) is 39.0 Å². The molecule has 0 saturated carbocycles. The van der Waals surface area contributed by atoms with Crippen molar-refractivity contribution in [3.8, 4) is 0 Å². The lowest BCUT2D eigenvalue weighted by molar-refractivity contribution is -0.121. The van der Waals surface area contributed by atoms with Crippen LogP contribution in [-0.2, 0) is 47.4 Å². The number of nitrogens with one attached hydrogen (secondary N) is 1. The maximum atomic E-state index is 15.5. The second-order valence-corrected chi connectivity index (χ2v) is 39.8. The molecule has 704 valence electrons. The van der Waals surface area contributed by atoms with Crippen molar-refractivity contribution in [2.45, 2.75) is 316 Å². The first-order chi connectivity index (χ1) is 58.1. The molecule has 36 nitrogen and oxygen atoms in total. The predicted molar refractivity (Wildman–Crippen MR) is 466 cm³/mol. The Labute approximate surface area is 770 Å². The highest BCUT2D eigenvalue weighted by Crippen LogP contribution is 2.54. The highest BCUT2D eigenvalue weighted by molar-refractivity contribution is 6.35. The number of imide groups is 3.